The molecule has 2 aromatic carbocycles. The molecule has 1 heterocycles. The Hall–Kier alpha value is -2.18. The first-order chi connectivity index (χ1) is 12.0. The van der Waals surface area contributed by atoms with Crippen LogP contribution in [0.15, 0.2) is 58.3 Å². The number of carbonyl (C=O) groups is 1. The molecule has 1 unspecified atom stereocenters. The summed E-state index contributed by atoms with van der Waals surface area (Å²) in [7, 11) is 0. The normalized spacial score (nSPS) is 12.0. The van der Waals surface area contributed by atoms with Crippen molar-refractivity contribution in [3.8, 4) is 11.3 Å². The van der Waals surface area contributed by atoms with Gasteiger partial charge in [-0.25, -0.2) is 9.37 Å². The number of nitrogens with one attached hydrogen (secondary N) is 1. The van der Waals surface area contributed by atoms with Crippen molar-refractivity contribution in [3.05, 3.63) is 65.3 Å². The molecule has 1 amide bonds. The number of aromatic nitrogens is 1. The maximum Gasteiger partial charge on any atom is 0.237 e. The van der Waals surface area contributed by atoms with Crippen molar-refractivity contribution in [2.45, 2.75) is 23.4 Å². The minimum atomic E-state index is -0.334. The molecule has 6 heteroatoms. The van der Waals surface area contributed by atoms with Crippen LogP contribution in [0.4, 0.5) is 10.1 Å². The van der Waals surface area contributed by atoms with Crippen LogP contribution in [0.25, 0.3) is 11.3 Å². The van der Waals surface area contributed by atoms with E-state index in [0.29, 0.717) is 11.3 Å². The highest BCUT2D eigenvalue weighted by molar-refractivity contribution is 8.02. The highest BCUT2D eigenvalue weighted by Crippen LogP contribution is 2.31. The van der Waals surface area contributed by atoms with Gasteiger partial charge in [-0.2, -0.15) is 0 Å². The Morgan fingerprint density at radius 3 is 2.72 bits per heavy atom. The monoisotopic (exact) mass is 372 g/mol. The number of benzene rings is 2. The van der Waals surface area contributed by atoms with Crippen LogP contribution in [0.2, 0.25) is 0 Å². The minimum Gasteiger partial charge on any atom is -0.325 e. The number of anilines is 1. The third-order valence-electron chi connectivity index (χ3n) is 3.64. The summed E-state index contributed by atoms with van der Waals surface area (Å²) in [6.45, 7) is 3.50. The topological polar surface area (TPSA) is 42.0 Å². The first-order valence-electron chi connectivity index (χ1n) is 7.77. The first-order valence-corrected chi connectivity index (χ1v) is 9.53. The molecule has 0 bridgehead atoms. The molecule has 0 radical (unpaired) electrons. The predicted molar refractivity (Wildman–Crippen MR) is 103 cm³/mol. The zero-order valence-corrected chi connectivity index (χ0v) is 15.5. The van der Waals surface area contributed by atoms with Crippen molar-refractivity contribution in [1.29, 1.82) is 0 Å². The standard InChI is InChI=1S/C19H17FN2OS2/c1-12-8-9-15(10-16(12)20)21-18(23)13(2)25-19-22-17(11-24-19)14-6-4-3-5-7-14/h3-11,13H,1-2H3,(H,21,23). The van der Waals surface area contributed by atoms with Gasteiger partial charge in [0.25, 0.3) is 0 Å². The highest BCUT2D eigenvalue weighted by Gasteiger charge is 2.17. The van der Waals surface area contributed by atoms with Crippen molar-refractivity contribution in [3.63, 3.8) is 0 Å². The van der Waals surface area contributed by atoms with Crippen LogP contribution in [-0.4, -0.2) is 16.1 Å². The number of thioether (sulfide) groups is 1. The van der Waals surface area contributed by atoms with Gasteiger partial charge in [-0.05, 0) is 31.5 Å². The molecule has 3 aromatic rings. The molecule has 0 spiro atoms. The number of amides is 1. The zero-order chi connectivity index (χ0) is 17.8. The fourth-order valence-corrected chi connectivity index (χ4v) is 4.14. The molecule has 0 fully saturated rings. The van der Waals surface area contributed by atoms with E-state index in [0.717, 1.165) is 15.6 Å². The lowest BCUT2D eigenvalue weighted by Gasteiger charge is -2.11. The Bertz CT molecular complexity index is 880. The fourth-order valence-electron chi connectivity index (χ4n) is 2.17. The first kappa shape index (κ1) is 17.6. The lowest BCUT2D eigenvalue weighted by Crippen LogP contribution is -2.22. The average Bonchev–Trinajstić information content (AvgIpc) is 3.07. The molecule has 25 heavy (non-hydrogen) atoms. The van der Waals surface area contributed by atoms with Gasteiger partial charge in [0, 0.05) is 16.6 Å². The number of halogens is 1. The van der Waals surface area contributed by atoms with E-state index < -0.39 is 0 Å². The van der Waals surface area contributed by atoms with Gasteiger partial charge in [-0.1, -0.05) is 48.2 Å². The van der Waals surface area contributed by atoms with E-state index in [4.69, 9.17) is 0 Å². The molecule has 0 saturated heterocycles. The van der Waals surface area contributed by atoms with Crippen LogP contribution in [0.1, 0.15) is 12.5 Å². The molecular weight excluding hydrogens is 355 g/mol. The summed E-state index contributed by atoms with van der Waals surface area (Å²) in [5.74, 6) is -0.504. The summed E-state index contributed by atoms with van der Waals surface area (Å²) in [6, 6.07) is 14.6. The fraction of sp³-hybridized carbons (Fsp3) is 0.158. The smallest absolute Gasteiger partial charge is 0.237 e. The lowest BCUT2D eigenvalue weighted by molar-refractivity contribution is -0.115. The van der Waals surface area contributed by atoms with Crippen molar-refractivity contribution in [2.75, 3.05) is 5.32 Å². The van der Waals surface area contributed by atoms with Crippen molar-refractivity contribution < 1.29 is 9.18 Å². The van der Waals surface area contributed by atoms with E-state index in [9.17, 15) is 9.18 Å². The van der Waals surface area contributed by atoms with E-state index in [1.165, 1.54) is 29.2 Å². The van der Waals surface area contributed by atoms with Crippen LogP contribution in [0, 0.1) is 12.7 Å². The molecule has 0 saturated carbocycles. The Labute approximate surface area is 154 Å². The van der Waals surface area contributed by atoms with Gasteiger partial charge in [0.2, 0.25) is 5.91 Å². The molecule has 128 valence electrons. The van der Waals surface area contributed by atoms with Crippen LogP contribution in [-0.2, 0) is 4.79 Å². The second-order valence-electron chi connectivity index (χ2n) is 5.58. The van der Waals surface area contributed by atoms with Crippen LogP contribution in [0.3, 0.4) is 0 Å². The second kappa shape index (κ2) is 7.80. The van der Waals surface area contributed by atoms with Crippen molar-refractivity contribution >= 4 is 34.7 Å². The summed E-state index contributed by atoms with van der Waals surface area (Å²) in [5.41, 5.74) is 2.97. The number of aryl methyl sites for hydroxylation is 1. The van der Waals surface area contributed by atoms with Crippen molar-refractivity contribution in [2.24, 2.45) is 0 Å². The zero-order valence-electron chi connectivity index (χ0n) is 13.8. The van der Waals surface area contributed by atoms with Crippen molar-refractivity contribution in [1.82, 2.24) is 4.98 Å². The summed E-state index contributed by atoms with van der Waals surface area (Å²) >= 11 is 2.91. The summed E-state index contributed by atoms with van der Waals surface area (Å²) in [5, 5.41) is 4.40. The number of hydrogen-bond donors (Lipinski definition) is 1. The summed E-state index contributed by atoms with van der Waals surface area (Å²) < 4.78 is 14.4. The van der Waals surface area contributed by atoms with Crippen LogP contribution >= 0.6 is 23.1 Å². The molecule has 3 rings (SSSR count). The second-order valence-corrected chi connectivity index (χ2v) is 8.02. The Morgan fingerprint density at radius 1 is 1.24 bits per heavy atom. The lowest BCUT2D eigenvalue weighted by atomic mass is 10.2. The number of nitrogens with zero attached hydrogens (tertiary/aromatic N) is 1. The van der Waals surface area contributed by atoms with Gasteiger partial charge in [-0.3, -0.25) is 4.79 Å². The van der Waals surface area contributed by atoms with E-state index in [1.54, 1.807) is 19.1 Å². The van der Waals surface area contributed by atoms with Crippen LogP contribution < -0.4 is 5.32 Å². The van der Waals surface area contributed by atoms with Crippen LogP contribution in [0.5, 0.6) is 0 Å². The molecule has 3 nitrogen and oxygen atoms in total. The number of rotatable bonds is 5. The van der Waals surface area contributed by atoms with Gasteiger partial charge in [0.05, 0.1) is 10.9 Å². The molecule has 0 aliphatic heterocycles. The van der Waals surface area contributed by atoms with Gasteiger partial charge >= 0.3 is 0 Å². The molecule has 0 aliphatic rings. The Morgan fingerprint density at radius 2 is 2.00 bits per heavy atom. The number of hydrogen-bond acceptors (Lipinski definition) is 4. The molecule has 1 atom stereocenters. The SMILES string of the molecule is Cc1ccc(NC(=O)C(C)Sc2nc(-c3ccccc3)cs2)cc1F. The highest BCUT2D eigenvalue weighted by atomic mass is 32.2. The summed E-state index contributed by atoms with van der Waals surface area (Å²) in [4.78, 5) is 16.9. The third kappa shape index (κ3) is 4.46. The largest absolute Gasteiger partial charge is 0.325 e. The Kier molecular flexibility index (Phi) is 5.50. The third-order valence-corrected chi connectivity index (χ3v) is 5.71. The average molecular weight is 372 g/mol. The molecule has 1 aromatic heterocycles. The van der Waals surface area contributed by atoms with E-state index >= 15 is 0 Å². The van der Waals surface area contributed by atoms with Gasteiger partial charge in [0.1, 0.15) is 5.82 Å². The quantitative estimate of drug-likeness (QED) is 0.612. The predicted octanol–water partition coefficient (Wildman–Crippen LogP) is 5.38. The maximum atomic E-state index is 13.6. The molecular formula is C19H17FN2OS2. The number of carbonyl (C=O) groups excluding carboxylic acids is 1. The van der Waals surface area contributed by atoms with Gasteiger partial charge < -0.3 is 5.32 Å². The molecule has 0 aliphatic carbocycles. The van der Waals surface area contributed by atoms with Gasteiger partial charge in [0.15, 0.2) is 4.34 Å². The summed E-state index contributed by atoms with van der Waals surface area (Å²) in [6.07, 6.45) is 0. The Balaban J connectivity index is 1.63. The van der Waals surface area contributed by atoms with E-state index in [2.05, 4.69) is 10.3 Å². The maximum absolute atomic E-state index is 13.6. The van der Waals surface area contributed by atoms with E-state index in [-0.39, 0.29) is 17.0 Å². The van der Waals surface area contributed by atoms with Gasteiger partial charge in [-0.15, -0.1) is 11.3 Å². The molecule has 1 N–H and O–H groups in total. The number of thiazole rings is 1. The van der Waals surface area contributed by atoms with E-state index in [1.807, 2.05) is 42.6 Å². The minimum absolute atomic E-state index is 0.176.